The van der Waals surface area contributed by atoms with E-state index < -0.39 is 0 Å². The van der Waals surface area contributed by atoms with Gasteiger partial charge in [-0.15, -0.1) is 0 Å². The Bertz CT molecular complexity index is 349. The molecule has 3 heteroatoms. The summed E-state index contributed by atoms with van der Waals surface area (Å²) in [6.07, 6.45) is 5.38. The lowest BCUT2D eigenvalue weighted by molar-refractivity contribution is 0.0475. The highest BCUT2D eigenvalue weighted by Gasteiger charge is 2.42. The van der Waals surface area contributed by atoms with Gasteiger partial charge in [-0.1, -0.05) is 13.8 Å². The molecule has 0 aromatic carbocycles. The quantitative estimate of drug-likeness (QED) is 0.871. The summed E-state index contributed by atoms with van der Waals surface area (Å²) in [5.41, 5.74) is 1.24. The molecule has 2 rings (SSSR count). The van der Waals surface area contributed by atoms with E-state index in [1.54, 1.807) is 6.26 Å². The van der Waals surface area contributed by atoms with E-state index in [9.17, 15) is 0 Å². The molecule has 0 aliphatic carbocycles. The SMILES string of the molecule is CCCNC(c1ccoc1)C1C(C)OC(C)C1C. The Kier molecular flexibility index (Phi) is 4.46. The minimum Gasteiger partial charge on any atom is -0.472 e. The summed E-state index contributed by atoms with van der Waals surface area (Å²) < 4.78 is 11.2. The Morgan fingerprint density at radius 1 is 1.28 bits per heavy atom. The van der Waals surface area contributed by atoms with Crippen LogP contribution in [0.5, 0.6) is 0 Å². The molecule has 0 radical (unpaired) electrons. The van der Waals surface area contributed by atoms with Crippen LogP contribution in [0.3, 0.4) is 0 Å². The number of hydrogen-bond donors (Lipinski definition) is 1. The molecule has 3 nitrogen and oxygen atoms in total. The largest absolute Gasteiger partial charge is 0.472 e. The Balaban J connectivity index is 2.18. The van der Waals surface area contributed by atoms with Crippen LogP contribution in [-0.2, 0) is 4.74 Å². The lowest BCUT2D eigenvalue weighted by Gasteiger charge is -2.29. The van der Waals surface area contributed by atoms with Crippen LogP contribution in [0.2, 0.25) is 0 Å². The smallest absolute Gasteiger partial charge is 0.0950 e. The van der Waals surface area contributed by atoms with E-state index in [1.165, 1.54) is 5.56 Å². The van der Waals surface area contributed by atoms with Crippen molar-refractivity contribution in [2.75, 3.05) is 6.54 Å². The van der Waals surface area contributed by atoms with Gasteiger partial charge in [-0.2, -0.15) is 0 Å². The zero-order valence-electron chi connectivity index (χ0n) is 11.8. The number of ether oxygens (including phenoxy) is 1. The van der Waals surface area contributed by atoms with Gasteiger partial charge in [0.15, 0.2) is 0 Å². The molecule has 5 unspecified atom stereocenters. The second-order valence-corrected chi connectivity index (χ2v) is 5.47. The Labute approximate surface area is 110 Å². The van der Waals surface area contributed by atoms with E-state index in [0.29, 0.717) is 30.1 Å². The molecule has 5 atom stereocenters. The van der Waals surface area contributed by atoms with Gasteiger partial charge in [-0.3, -0.25) is 0 Å². The van der Waals surface area contributed by atoms with Crippen LogP contribution >= 0.6 is 0 Å². The van der Waals surface area contributed by atoms with Gasteiger partial charge >= 0.3 is 0 Å². The summed E-state index contributed by atoms with van der Waals surface area (Å²) in [4.78, 5) is 0. The van der Waals surface area contributed by atoms with Crippen molar-refractivity contribution in [1.29, 1.82) is 0 Å². The molecule has 1 aromatic rings. The lowest BCUT2D eigenvalue weighted by Crippen LogP contribution is -2.35. The molecule has 1 fully saturated rings. The zero-order valence-corrected chi connectivity index (χ0v) is 11.8. The molecule has 1 aliphatic rings. The van der Waals surface area contributed by atoms with Gasteiger partial charge in [-0.25, -0.2) is 0 Å². The zero-order chi connectivity index (χ0) is 13.1. The van der Waals surface area contributed by atoms with Gasteiger partial charge in [0, 0.05) is 17.5 Å². The summed E-state index contributed by atoms with van der Waals surface area (Å²) in [7, 11) is 0. The van der Waals surface area contributed by atoms with Crippen LogP contribution < -0.4 is 5.32 Å². The van der Waals surface area contributed by atoms with E-state index in [2.05, 4.69) is 39.1 Å². The fraction of sp³-hybridized carbons (Fsp3) is 0.733. The van der Waals surface area contributed by atoms with Gasteiger partial charge in [-0.05, 0) is 38.8 Å². The van der Waals surface area contributed by atoms with Gasteiger partial charge in [0.2, 0.25) is 0 Å². The third kappa shape index (κ3) is 2.62. The maximum atomic E-state index is 5.97. The summed E-state index contributed by atoms with van der Waals surface area (Å²) in [6, 6.07) is 2.40. The molecule has 1 N–H and O–H groups in total. The Hall–Kier alpha value is -0.800. The predicted octanol–water partition coefficient (Wildman–Crippen LogP) is 3.38. The minimum absolute atomic E-state index is 0.291. The van der Waals surface area contributed by atoms with Crippen molar-refractivity contribution < 1.29 is 9.15 Å². The Morgan fingerprint density at radius 2 is 2.06 bits per heavy atom. The van der Waals surface area contributed by atoms with Crippen LogP contribution in [0, 0.1) is 11.8 Å². The number of hydrogen-bond acceptors (Lipinski definition) is 3. The average Bonchev–Trinajstić information content (AvgIpc) is 2.93. The summed E-state index contributed by atoms with van der Waals surface area (Å²) in [5, 5.41) is 3.66. The fourth-order valence-corrected chi connectivity index (χ4v) is 3.10. The van der Waals surface area contributed by atoms with Crippen molar-refractivity contribution in [3.63, 3.8) is 0 Å². The molecule has 0 spiro atoms. The highest BCUT2D eigenvalue weighted by Crippen LogP contribution is 2.40. The molecule has 1 saturated heterocycles. The number of rotatable bonds is 5. The van der Waals surface area contributed by atoms with Crippen molar-refractivity contribution in [2.45, 2.75) is 52.4 Å². The predicted molar refractivity (Wildman–Crippen MR) is 72.4 cm³/mol. The summed E-state index contributed by atoms with van der Waals surface area (Å²) in [6.45, 7) is 9.87. The van der Waals surface area contributed by atoms with Crippen LogP contribution in [0.15, 0.2) is 23.0 Å². The molecule has 1 aromatic heterocycles. The van der Waals surface area contributed by atoms with Crippen molar-refractivity contribution >= 4 is 0 Å². The number of furan rings is 1. The van der Waals surface area contributed by atoms with E-state index in [4.69, 9.17) is 9.15 Å². The van der Waals surface area contributed by atoms with Crippen LogP contribution in [0.4, 0.5) is 0 Å². The van der Waals surface area contributed by atoms with Gasteiger partial charge in [0.05, 0.1) is 24.7 Å². The molecule has 2 heterocycles. The van der Waals surface area contributed by atoms with Gasteiger partial charge in [0.1, 0.15) is 0 Å². The van der Waals surface area contributed by atoms with Crippen molar-refractivity contribution in [3.8, 4) is 0 Å². The molecular weight excluding hydrogens is 226 g/mol. The first-order valence-corrected chi connectivity index (χ1v) is 7.06. The standard InChI is InChI=1S/C15H25NO2/c1-5-7-16-15(13-6-8-17-9-13)14-10(2)11(3)18-12(14)4/h6,8-12,14-16H,5,7H2,1-4H3. The molecule has 0 amide bonds. The molecule has 102 valence electrons. The molecule has 0 bridgehead atoms. The first-order chi connectivity index (χ1) is 8.65. The second-order valence-electron chi connectivity index (χ2n) is 5.47. The van der Waals surface area contributed by atoms with E-state index in [-0.39, 0.29) is 0 Å². The third-order valence-electron chi connectivity index (χ3n) is 4.22. The molecule has 1 aliphatic heterocycles. The van der Waals surface area contributed by atoms with Crippen LogP contribution in [-0.4, -0.2) is 18.8 Å². The van der Waals surface area contributed by atoms with E-state index in [0.717, 1.165) is 13.0 Å². The fourth-order valence-electron chi connectivity index (χ4n) is 3.10. The van der Waals surface area contributed by atoms with Crippen molar-refractivity contribution in [3.05, 3.63) is 24.2 Å². The Morgan fingerprint density at radius 3 is 2.56 bits per heavy atom. The normalized spacial score (nSPS) is 33.8. The maximum absolute atomic E-state index is 5.97. The minimum atomic E-state index is 0.291. The van der Waals surface area contributed by atoms with Crippen LogP contribution in [0.1, 0.15) is 45.7 Å². The maximum Gasteiger partial charge on any atom is 0.0950 e. The van der Waals surface area contributed by atoms with Gasteiger partial charge < -0.3 is 14.5 Å². The monoisotopic (exact) mass is 251 g/mol. The first kappa shape index (κ1) is 13.6. The number of nitrogens with one attached hydrogen (secondary N) is 1. The summed E-state index contributed by atoms with van der Waals surface area (Å²) in [5.74, 6) is 1.06. The van der Waals surface area contributed by atoms with E-state index >= 15 is 0 Å². The highest BCUT2D eigenvalue weighted by molar-refractivity contribution is 5.15. The van der Waals surface area contributed by atoms with Gasteiger partial charge in [0.25, 0.3) is 0 Å². The third-order valence-corrected chi connectivity index (χ3v) is 4.22. The lowest BCUT2D eigenvalue weighted by atomic mass is 9.81. The molecule has 18 heavy (non-hydrogen) atoms. The van der Waals surface area contributed by atoms with Crippen LogP contribution in [0.25, 0.3) is 0 Å². The highest BCUT2D eigenvalue weighted by atomic mass is 16.5. The first-order valence-electron chi connectivity index (χ1n) is 7.06. The van der Waals surface area contributed by atoms with E-state index in [1.807, 2.05) is 6.26 Å². The average molecular weight is 251 g/mol. The van der Waals surface area contributed by atoms with Crippen molar-refractivity contribution in [2.24, 2.45) is 11.8 Å². The topological polar surface area (TPSA) is 34.4 Å². The van der Waals surface area contributed by atoms with Crippen molar-refractivity contribution in [1.82, 2.24) is 5.32 Å². The summed E-state index contributed by atoms with van der Waals surface area (Å²) >= 11 is 0. The molecule has 0 saturated carbocycles. The molecular formula is C15H25NO2. The second kappa shape index (κ2) is 5.89.